The standard InChI is InChI=1S/C19H25ClN4O4S/c20-16-2-1-3-18(12-16)28-9-5-17-13-19(22-21-17)15-4-6-24(14-15)29(25,26)23-7-10-27-11-8-23/h1-3,12-13,15H,4-11,14H2,(H,21,22)/t15-/m1/s1. The normalized spacial score (nSPS) is 21.5. The zero-order valence-corrected chi connectivity index (χ0v) is 17.7. The van der Waals surface area contributed by atoms with Crippen LogP contribution in [0.4, 0.5) is 0 Å². The SMILES string of the molecule is O=S(=O)(N1CCOCC1)N1CC[C@@H](c2cc(CCOc3cccc(Cl)c3)[nH]n2)C1. The second-order valence-electron chi connectivity index (χ2n) is 7.24. The second-order valence-corrected chi connectivity index (χ2v) is 9.60. The van der Waals surface area contributed by atoms with E-state index in [0.717, 1.165) is 23.6 Å². The molecule has 1 atom stereocenters. The Hall–Kier alpha value is -1.65. The maximum atomic E-state index is 12.8. The van der Waals surface area contributed by atoms with Crippen LogP contribution in [0.2, 0.25) is 5.02 Å². The van der Waals surface area contributed by atoms with Crippen LogP contribution < -0.4 is 4.74 Å². The summed E-state index contributed by atoms with van der Waals surface area (Å²) in [6, 6.07) is 9.31. The highest BCUT2D eigenvalue weighted by Crippen LogP contribution is 2.29. The van der Waals surface area contributed by atoms with E-state index in [2.05, 4.69) is 10.2 Å². The molecule has 0 amide bonds. The van der Waals surface area contributed by atoms with E-state index in [9.17, 15) is 8.42 Å². The maximum absolute atomic E-state index is 12.8. The Morgan fingerprint density at radius 3 is 2.83 bits per heavy atom. The van der Waals surface area contributed by atoms with Gasteiger partial charge in [0.2, 0.25) is 0 Å². The number of H-pyrrole nitrogens is 1. The summed E-state index contributed by atoms with van der Waals surface area (Å²) in [5, 5.41) is 8.10. The Morgan fingerprint density at radius 1 is 1.21 bits per heavy atom. The molecule has 29 heavy (non-hydrogen) atoms. The molecule has 2 fully saturated rings. The Labute approximate surface area is 175 Å². The number of morpholine rings is 1. The van der Waals surface area contributed by atoms with E-state index >= 15 is 0 Å². The average molecular weight is 441 g/mol. The van der Waals surface area contributed by atoms with Crippen LogP contribution in [0.5, 0.6) is 5.75 Å². The molecule has 0 bridgehead atoms. The van der Waals surface area contributed by atoms with Crippen LogP contribution in [0, 0.1) is 0 Å². The van der Waals surface area contributed by atoms with Gasteiger partial charge in [-0.05, 0) is 30.7 Å². The van der Waals surface area contributed by atoms with Gasteiger partial charge in [-0.2, -0.15) is 22.1 Å². The van der Waals surface area contributed by atoms with Crippen molar-refractivity contribution in [3.63, 3.8) is 0 Å². The second kappa shape index (κ2) is 9.01. The maximum Gasteiger partial charge on any atom is 0.282 e. The molecule has 2 saturated heterocycles. The van der Waals surface area contributed by atoms with E-state index in [4.69, 9.17) is 21.1 Å². The lowest BCUT2D eigenvalue weighted by Gasteiger charge is -2.30. The highest BCUT2D eigenvalue weighted by Gasteiger charge is 2.37. The minimum atomic E-state index is -3.43. The molecule has 0 spiro atoms. The summed E-state index contributed by atoms with van der Waals surface area (Å²) in [5.41, 5.74) is 1.87. The third-order valence-electron chi connectivity index (χ3n) is 5.28. The van der Waals surface area contributed by atoms with Gasteiger partial charge in [-0.1, -0.05) is 17.7 Å². The number of nitrogens with one attached hydrogen (secondary N) is 1. The Balaban J connectivity index is 1.30. The lowest BCUT2D eigenvalue weighted by molar-refractivity contribution is 0.0705. The molecule has 1 aromatic heterocycles. The van der Waals surface area contributed by atoms with Gasteiger partial charge in [-0.3, -0.25) is 5.10 Å². The number of hydrogen-bond donors (Lipinski definition) is 1. The summed E-state index contributed by atoms with van der Waals surface area (Å²) in [7, 11) is -3.43. The summed E-state index contributed by atoms with van der Waals surface area (Å²) < 4.78 is 39.7. The molecule has 2 aromatic rings. The highest BCUT2D eigenvalue weighted by atomic mass is 35.5. The topological polar surface area (TPSA) is 87.8 Å². The largest absolute Gasteiger partial charge is 0.493 e. The molecule has 1 N–H and O–H groups in total. The quantitative estimate of drug-likeness (QED) is 0.711. The zero-order chi connectivity index (χ0) is 20.3. The molecule has 3 heterocycles. The van der Waals surface area contributed by atoms with Crippen LogP contribution in [-0.2, 0) is 21.4 Å². The van der Waals surface area contributed by atoms with Crippen LogP contribution >= 0.6 is 11.6 Å². The van der Waals surface area contributed by atoms with Gasteiger partial charge in [0.1, 0.15) is 5.75 Å². The van der Waals surface area contributed by atoms with Crippen LogP contribution in [0.25, 0.3) is 0 Å². The van der Waals surface area contributed by atoms with Gasteiger partial charge in [0.25, 0.3) is 10.2 Å². The first-order valence-corrected chi connectivity index (χ1v) is 11.6. The molecule has 0 unspecified atom stereocenters. The van der Waals surface area contributed by atoms with E-state index in [1.54, 1.807) is 16.4 Å². The van der Waals surface area contributed by atoms with Gasteiger partial charge < -0.3 is 9.47 Å². The van der Waals surface area contributed by atoms with E-state index in [1.165, 1.54) is 4.31 Å². The van der Waals surface area contributed by atoms with E-state index in [-0.39, 0.29) is 5.92 Å². The third-order valence-corrected chi connectivity index (χ3v) is 7.52. The molecule has 10 heteroatoms. The molecule has 1 aromatic carbocycles. The molecule has 0 radical (unpaired) electrons. The van der Waals surface area contributed by atoms with E-state index in [0.29, 0.717) is 57.4 Å². The van der Waals surface area contributed by atoms with Crippen molar-refractivity contribution in [1.29, 1.82) is 0 Å². The van der Waals surface area contributed by atoms with E-state index < -0.39 is 10.2 Å². The number of nitrogens with zero attached hydrogens (tertiary/aromatic N) is 3. The highest BCUT2D eigenvalue weighted by molar-refractivity contribution is 7.86. The fraction of sp³-hybridized carbons (Fsp3) is 0.526. The molecule has 8 nitrogen and oxygen atoms in total. The first kappa shape index (κ1) is 20.6. The lowest BCUT2D eigenvalue weighted by atomic mass is 10.0. The number of benzene rings is 1. The number of aromatic nitrogens is 2. The Kier molecular flexibility index (Phi) is 6.41. The minimum Gasteiger partial charge on any atom is -0.493 e. The molecular formula is C19H25ClN4O4S. The summed E-state index contributed by atoms with van der Waals surface area (Å²) in [5.74, 6) is 0.835. The van der Waals surface area contributed by atoms with Crippen molar-refractivity contribution in [3.05, 3.63) is 46.7 Å². The van der Waals surface area contributed by atoms with Crippen molar-refractivity contribution in [1.82, 2.24) is 18.8 Å². The minimum absolute atomic E-state index is 0.102. The number of ether oxygens (including phenoxy) is 2. The summed E-state index contributed by atoms with van der Waals surface area (Å²) in [6.07, 6.45) is 1.45. The molecule has 2 aliphatic rings. The van der Waals surface area contributed by atoms with Gasteiger partial charge >= 0.3 is 0 Å². The Morgan fingerprint density at radius 2 is 2.03 bits per heavy atom. The van der Waals surface area contributed by atoms with Gasteiger partial charge in [0.15, 0.2) is 0 Å². The van der Waals surface area contributed by atoms with Gasteiger partial charge in [0.05, 0.1) is 25.5 Å². The van der Waals surface area contributed by atoms with Crippen molar-refractivity contribution in [3.8, 4) is 5.75 Å². The fourth-order valence-corrected chi connectivity index (χ4v) is 5.49. The predicted molar refractivity (Wildman–Crippen MR) is 109 cm³/mol. The number of hydrogen-bond acceptors (Lipinski definition) is 5. The number of halogens is 1. The Bertz CT molecular complexity index is 930. The van der Waals surface area contributed by atoms with Gasteiger partial charge in [0, 0.05) is 49.2 Å². The molecular weight excluding hydrogens is 416 g/mol. The number of rotatable bonds is 7. The van der Waals surface area contributed by atoms with Crippen molar-refractivity contribution in [2.75, 3.05) is 46.0 Å². The lowest BCUT2D eigenvalue weighted by Crippen LogP contribution is -2.47. The van der Waals surface area contributed by atoms with E-state index in [1.807, 2.05) is 18.2 Å². The molecule has 4 rings (SSSR count). The summed E-state index contributed by atoms with van der Waals surface area (Å²) in [6.45, 7) is 3.23. The van der Waals surface area contributed by atoms with Gasteiger partial charge in [-0.15, -0.1) is 0 Å². The average Bonchev–Trinajstić information content (AvgIpc) is 3.39. The molecule has 2 aliphatic heterocycles. The van der Waals surface area contributed by atoms with Crippen molar-refractivity contribution in [2.24, 2.45) is 0 Å². The summed E-state index contributed by atoms with van der Waals surface area (Å²) in [4.78, 5) is 0. The zero-order valence-electron chi connectivity index (χ0n) is 16.1. The smallest absolute Gasteiger partial charge is 0.282 e. The first-order chi connectivity index (χ1) is 14.0. The predicted octanol–water partition coefficient (Wildman–Crippen LogP) is 2.05. The third kappa shape index (κ3) is 4.92. The van der Waals surface area contributed by atoms with Gasteiger partial charge in [-0.25, -0.2) is 0 Å². The van der Waals surface area contributed by atoms with Crippen LogP contribution in [0.3, 0.4) is 0 Å². The van der Waals surface area contributed by atoms with Crippen LogP contribution in [-0.4, -0.2) is 73.2 Å². The van der Waals surface area contributed by atoms with Crippen molar-refractivity contribution in [2.45, 2.75) is 18.8 Å². The molecule has 158 valence electrons. The van der Waals surface area contributed by atoms with Crippen molar-refractivity contribution < 1.29 is 17.9 Å². The first-order valence-electron chi connectivity index (χ1n) is 9.78. The van der Waals surface area contributed by atoms with Crippen molar-refractivity contribution >= 4 is 21.8 Å². The monoisotopic (exact) mass is 440 g/mol. The molecule has 0 aliphatic carbocycles. The summed E-state index contributed by atoms with van der Waals surface area (Å²) >= 11 is 5.96. The van der Waals surface area contributed by atoms with Crippen LogP contribution in [0.15, 0.2) is 30.3 Å². The molecule has 0 saturated carbocycles. The fourth-order valence-electron chi connectivity index (χ4n) is 3.67. The number of aromatic amines is 1. The van der Waals surface area contributed by atoms with Crippen LogP contribution in [0.1, 0.15) is 23.7 Å².